The minimum Gasteiger partial charge on any atom is -0.457 e. The Morgan fingerprint density at radius 3 is 1.65 bits per heavy atom. The Kier molecular flexibility index (Phi) is 6.65. The van der Waals surface area contributed by atoms with Crippen molar-refractivity contribution in [1.29, 1.82) is 0 Å². The number of aryl methyl sites for hydroxylation is 1. The van der Waals surface area contributed by atoms with Crippen LogP contribution in [0.1, 0.15) is 26.3 Å². The highest BCUT2D eigenvalue weighted by atomic mass is 16.5. The predicted molar refractivity (Wildman–Crippen MR) is 88.0 cm³/mol. The molecule has 108 valence electrons. The minimum atomic E-state index is 0.866. The summed E-state index contributed by atoms with van der Waals surface area (Å²) >= 11 is 0. The molecule has 0 N–H and O–H groups in total. The van der Waals surface area contributed by atoms with Crippen LogP contribution in [0.4, 0.5) is 5.69 Å². The first-order chi connectivity index (χ1) is 9.69. The second-order valence-corrected chi connectivity index (χ2v) is 4.49. The molecule has 0 atom stereocenters. The third-order valence-corrected chi connectivity index (χ3v) is 2.92. The molecule has 2 nitrogen and oxygen atoms in total. The van der Waals surface area contributed by atoms with E-state index in [1.807, 2.05) is 52.2 Å². The van der Waals surface area contributed by atoms with E-state index in [1.165, 1.54) is 11.3 Å². The van der Waals surface area contributed by atoms with Gasteiger partial charge in [0.25, 0.3) is 0 Å². The summed E-state index contributed by atoms with van der Waals surface area (Å²) < 4.78 is 5.79. The molecule has 0 spiro atoms. The van der Waals surface area contributed by atoms with E-state index in [4.69, 9.17) is 4.74 Å². The molecule has 0 amide bonds. The number of nitrogens with zero attached hydrogens (tertiary/aromatic N) is 1. The molecule has 0 bridgehead atoms. The third kappa shape index (κ3) is 4.61. The fourth-order valence-corrected chi connectivity index (χ4v) is 1.74. The van der Waals surface area contributed by atoms with Crippen LogP contribution in [0.3, 0.4) is 0 Å². The maximum Gasteiger partial charge on any atom is 0.127 e. The summed E-state index contributed by atoms with van der Waals surface area (Å²) in [6, 6.07) is 16.3. The zero-order valence-electron chi connectivity index (χ0n) is 13.2. The predicted octanol–water partition coefficient (Wildman–Crippen LogP) is 5.13. The van der Waals surface area contributed by atoms with Gasteiger partial charge in [-0.15, -0.1) is 0 Å². The van der Waals surface area contributed by atoms with Crippen molar-refractivity contribution in [1.82, 2.24) is 0 Å². The van der Waals surface area contributed by atoms with Gasteiger partial charge in [-0.3, -0.25) is 0 Å². The summed E-state index contributed by atoms with van der Waals surface area (Å²) in [7, 11) is 4.05. The zero-order chi connectivity index (χ0) is 15.0. The van der Waals surface area contributed by atoms with Gasteiger partial charge in [-0.05, 0) is 48.4 Å². The van der Waals surface area contributed by atoms with Gasteiger partial charge in [-0.25, -0.2) is 0 Å². The molecule has 0 saturated heterocycles. The van der Waals surface area contributed by atoms with E-state index < -0.39 is 0 Å². The van der Waals surface area contributed by atoms with Gasteiger partial charge in [-0.2, -0.15) is 0 Å². The topological polar surface area (TPSA) is 12.5 Å². The van der Waals surface area contributed by atoms with E-state index in [0.717, 1.165) is 17.9 Å². The lowest BCUT2D eigenvalue weighted by atomic mass is 10.2. The lowest BCUT2D eigenvalue weighted by Gasteiger charge is -2.13. The largest absolute Gasteiger partial charge is 0.457 e. The molecular weight excluding hydrogens is 246 g/mol. The van der Waals surface area contributed by atoms with Crippen LogP contribution in [-0.2, 0) is 6.42 Å². The number of rotatable bonds is 4. The third-order valence-electron chi connectivity index (χ3n) is 2.92. The molecule has 0 unspecified atom stereocenters. The van der Waals surface area contributed by atoms with E-state index in [0.29, 0.717) is 0 Å². The number of hydrogen-bond acceptors (Lipinski definition) is 2. The van der Waals surface area contributed by atoms with Crippen molar-refractivity contribution in [3.8, 4) is 11.5 Å². The summed E-state index contributed by atoms with van der Waals surface area (Å²) in [4.78, 5) is 2.07. The standard InChI is InChI=1S/C16H19NO.C2H6/c1-4-13-5-9-15(10-6-13)18-16-11-7-14(8-12-16)17(2)3;1-2/h5-12H,4H2,1-3H3;1-2H3. The fourth-order valence-electron chi connectivity index (χ4n) is 1.74. The Morgan fingerprint density at radius 1 is 0.800 bits per heavy atom. The van der Waals surface area contributed by atoms with E-state index in [2.05, 4.69) is 36.1 Å². The van der Waals surface area contributed by atoms with Crippen molar-refractivity contribution in [2.24, 2.45) is 0 Å². The van der Waals surface area contributed by atoms with Crippen LogP contribution >= 0.6 is 0 Å². The van der Waals surface area contributed by atoms with Crippen LogP contribution in [0.5, 0.6) is 11.5 Å². The molecule has 0 fully saturated rings. The smallest absolute Gasteiger partial charge is 0.127 e. The van der Waals surface area contributed by atoms with Crippen LogP contribution in [0, 0.1) is 0 Å². The highest BCUT2D eigenvalue weighted by Crippen LogP contribution is 2.24. The molecule has 0 aliphatic heterocycles. The Labute approximate surface area is 123 Å². The molecule has 0 aliphatic rings. The number of benzene rings is 2. The Hall–Kier alpha value is -1.96. The summed E-state index contributed by atoms with van der Waals surface area (Å²) in [6.07, 6.45) is 1.05. The molecule has 0 heterocycles. The summed E-state index contributed by atoms with van der Waals surface area (Å²) in [5, 5.41) is 0. The molecular formula is C18H25NO. The van der Waals surface area contributed by atoms with Crippen molar-refractivity contribution in [2.45, 2.75) is 27.2 Å². The van der Waals surface area contributed by atoms with Crippen LogP contribution in [-0.4, -0.2) is 14.1 Å². The van der Waals surface area contributed by atoms with Gasteiger partial charge in [0.1, 0.15) is 11.5 Å². The van der Waals surface area contributed by atoms with Gasteiger partial charge in [0.2, 0.25) is 0 Å². The van der Waals surface area contributed by atoms with Gasteiger partial charge in [0.15, 0.2) is 0 Å². The van der Waals surface area contributed by atoms with Crippen LogP contribution < -0.4 is 9.64 Å². The summed E-state index contributed by atoms with van der Waals surface area (Å²) in [5.41, 5.74) is 2.49. The Balaban J connectivity index is 0.000000956. The van der Waals surface area contributed by atoms with E-state index in [9.17, 15) is 0 Å². The minimum absolute atomic E-state index is 0.866. The van der Waals surface area contributed by atoms with Crippen LogP contribution in [0.15, 0.2) is 48.5 Å². The lowest BCUT2D eigenvalue weighted by molar-refractivity contribution is 0.482. The summed E-state index contributed by atoms with van der Waals surface area (Å²) in [6.45, 7) is 6.15. The highest BCUT2D eigenvalue weighted by Gasteiger charge is 1.99. The summed E-state index contributed by atoms with van der Waals surface area (Å²) in [5.74, 6) is 1.75. The first-order valence-electron chi connectivity index (χ1n) is 7.23. The molecule has 2 rings (SSSR count). The fraction of sp³-hybridized carbons (Fsp3) is 0.333. The second-order valence-electron chi connectivity index (χ2n) is 4.49. The second kappa shape index (κ2) is 8.26. The Bertz CT molecular complexity index is 486. The molecule has 2 aromatic carbocycles. The molecule has 20 heavy (non-hydrogen) atoms. The quantitative estimate of drug-likeness (QED) is 0.764. The van der Waals surface area contributed by atoms with Crippen LogP contribution in [0.25, 0.3) is 0 Å². The van der Waals surface area contributed by atoms with E-state index in [-0.39, 0.29) is 0 Å². The molecule has 0 aromatic heterocycles. The first kappa shape index (κ1) is 16.1. The SMILES string of the molecule is CC.CCc1ccc(Oc2ccc(N(C)C)cc2)cc1. The average molecular weight is 271 g/mol. The van der Waals surface area contributed by atoms with Gasteiger partial charge in [0, 0.05) is 19.8 Å². The van der Waals surface area contributed by atoms with Gasteiger partial charge in [-0.1, -0.05) is 32.9 Å². The van der Waals surface area contributed by atoms with Gasteiger partial charge < -0.3 is 9.64 Å². The van der Waals surface area contributed by atoms with E-state index >= 15 is 0 Å². The lowest BCUT2D eigenvalue weighted by Crippen LogP contribution is -2.07. The van der Waals surface area contributed by atoms with Gasteiger partial charge in [0.05, 0.1) is 0 Å². The van der Waals surface area contributed by atoms with Crippen molar-refractivity contribution in [3.63, 3.8) is 0 Å². The van der Waals surface area contributed by atoms with Gasteiger partial charge >= 0.3 is 0 Å². The van der Waals surface area contributed by atoms with E-state index in [1.54, 1.807) is 0 Å². The maximum atomic E-state index is 5.79. The Morgan fingerprint density at radius 2 is 1.25 bits per heavy atom. The van der Waals surface area contributed by atoms with Crippen molar-refractivity contribution < 1.29 is 4.74 Å². The van der Waals surface area contributed by atoms with Crippen molar-refractivity contribution in [3.05, 3.63) is 54.1 Å². The monoisotopic (exact) mass is 271 g/mol. The number of anilines is 1. The van der Waals surface area contributed by atoms with Crippen molar-refractivity contribution >= 4 is 5.69 Å². The van der Waals surface area contributed by atoms with Crippen molar-refractivity contribution in [2.75, 3.05) is 19.0 Å². The maximum absolute atomic E-state index is 5.79. The first-order valence-corrected chi connectivity index (χ1v) is 7.23. The van der Waals surface area contributed by atoms with Crippen LogP contribution in [0.2, 0.25) is 0 Å². The highest BCUT2D eigenvalue weighted by molar-refractivity contribution is 5.48. The normalized spacial score (nSPS) is 9.45. The number of hydrogen-bond donors (Lipinski definition) is 0. The molecule has 0 radical (unpaired) electrons. The molecule has 2 aromatic rings. The average Bonchev–Trinajstić information content (AvgIpc) is 2.50. The number of ether oxygens (including phenoxy) is 1. The zero-order valence-corrected chi connectivity index (χ0v) is 13.2. The molecule has 2 heteroatoms. The molecule has 0 aliphatic carbocycles. The molecule has 0 saturated carbocycles.